The van der Waals surface area contributed by atoms with Crippen molar-refractivity contribution in [3.05, 3.63) is 35.9 Å². The van der Waals surface area contributed by atoms with Gasteiger partial charge >= 0.3 is 0 Å². The molecule has 10 heteroatoms. The van der Waals surface area contributed by atoms with Crippen LogP contribution in [-0.2, 0) is 20.0 Å². The molecule has 0 spiro atoms. The number of carbonyl (C=O) groups excluding carboxylic acids is 3. The lowest BCUT2D eigenvalue weighted by Gasteiger charge is -2.54. The van der Waals surface area contributed by atoms with Crippen molar-refractivity contribution in [3.8, 4) is 6.07 Å². The number of nitrogens with zero attached hydrogens (tertiary/aromatic N) is 2. The molecule has 8 nitrogen and oxygen atoms in total. The van der Waals surface area contributed by atoms with Crippen molar-refractivity contribution in [2.24, 2.45) is 11.8 Å². The van der Waals surface area contributed by atoms with Crippen molar-refractivity contribution < 1.29 is 28.3 Å². The molecule has 0 unspecified atom stereocenters. The van der Waals surface area contributed by atoms with Crippen molar-refractivity contribution in [2.45, 2.75) is 68.7 Å². The van der Waals surface area contributed by atoms with Crippen molar-refractivity contribution in [2.75, 3.05) is 6.54 Å². The SMILES string of the molecule is C[C@@](O)(C(=O)N1[C@@H]2CC[C@H]([C@H]1C(=O)N[C@H](C#N)C[C@@H]1CCNC1=O)C(F)(F)C2)c1ccccc1. The zero-order valence-corrected chi connectivity index (χ0v) is 18.8. The number of amides is 3. The highest BCUT2D eigenvalue weighted by atomic mass is 19.3. The number of piperidine rings is 2. The molecule has 1 aromatic rings. The van der Waals surface area contributed by atoms with Crippen molar-refractivity contribution in [3.63, 3.8) is 0 Å². The van der Waals surface area contributed by atoms with E-state index in [1.165, 1.54) is 6.92 Å². The van der Waals surface area contributed by atoms with Crippen LogP contribution in [0.25, 0.3) is 0 Å². The van der Waals surface area contributed by atoms with Crippen LogP contribution in [-0.4, -0.2) is 58.3 Å². The number of carbonyl (C=O) groups is 3. The fourth-order valence-electron chi connectivity index (χ4n) is 5.49. The minimum absolute atomic E-state index is 0.0509. The zero-order chi connectivity index (χ0) is 24.7. The quantitative estimate of drug-likeness (QED) is 0.576. The minimum Gasteiger partial charge on any atom is -0.376 e. The molecule has 0 aromatic heterocycles. The molecule has 0 radical (unpaired) electrons. The Morgan fingerprint density at radius 3 is 2.62 bits per heavy atom. The fraction of sp³-hybridized carbons (Fsp3) is 0.583. The molecule has 3 N–H and O–H groups in total. The molecule has 182 valence electrons. The van der Waals surface area contributed by atoms with Gasteiger partial charge in [-0.15, -0.1) is 0 Å². The maximum atomic E-state index is 14.9. The van der Waals surface area contributed by atoms with Crippen LogP contribution in [0.3, 0.4) is 0 Å². The third-order valence-electron chi connectivity index (χ3n) is 7.35. The van der Waals surface area contributed by atoms with Gasteiger partial charge in [0.2, 0.25) is 11.8 Å². The molecule has 4 fully saturated rings. The Hall–Kier alpha value is -3.06. The molecular weight excluding hydrogens is 446 g/mol. The van der Waals surface area contributed by atoms with Crippen LogP contribution in [0.15, 0.2) is 30.3 Å². The maximum absolute atomic E-state index is 14.9. The highest BCUT2D eigenvalue weighted by molar-refractivity contribution is 5.93. The smallest absolute Gasteiger partial charge is 0.259 e. The molecule has 3 aliphatic heterocycles. The molecule has 3 amide bonds. The average Bonchev–Trinajstić information content (AvgIpc) is 3.21. The molecule has 6 atom stereocenters. The number of alkyl halides is 2. The van der Waals surface area contributed by atoms with E-state index >= 15 is 0 Å². The van der Waals surface area contributed by atoms with Gasteiger partial charge in [0.05, 0.1) is 12.0 Å². The van der Waals surface area contributed by atoms with E-state index in [9.17, 15) is 33.5 Å². The number of hydrogen-bond donors (Lipinski definition) is 3. The lowest BCUT2D eigenvalue weighted by molar-refractivity contribution is -0.203. The predicted octanol–water partition coefficient (Wildman–Crippen LogP) is 1.44. The molecule has 1 saturated carbocycles. The Balaban J connectivity index is 1.60. The van der Waals surface area contributed by atoms with Crippen LogP contribution in [0.5, 0.6) is 0 Å². The van der Waals surface area contributed by atoms with E-state index in [1.54, 1.807) is 30.3 Å². The van der Waals surface area contributed by atoms with Crippen molar-refractivity contribution in [1.82, 2.24) is 15.5 Å². The first-order valence-electron chi connectivity index (χ1n) is 11.5. The van der Waals surface area contributed by atoms with Gasteiger partial charge in [0.1, 0.15) is 12.1 Å². The van der Waals surface area contributed by atoms with Crippen LogP contribution >= 0.6 is 0 Å². The Morgan fingerprint density at radius 2 is 2.03 bits per heavy atom. The first kappa shape index (κ1) is 24.1. The van der Waals surface area contributed by atoms with E-state index in [1.807, 2.05) is 6.07 Å². The standard InChI is InChI=1S/C24H28F2N4O4/c1-23(34,15-5-3-2-4-6-15)22(33)30-17-7-8-18(24(25,26)12-17)19(30)21(32)29-16(13-27)11-14-9-10-28-20(14)31/h2-6,14,16-19,34H,7-12H2,1H3,(H,28,31)(H,29,32)/t14-,16-,17+,18+,19-,23-/m0/s1. The van der Waals surface area contributed by atoms with Crippen LogP contribution in [0, 0.1) is 23.2 Å². The molecular formula is C24H28F2N4O4. The summed E-state index contributed by atoms with van der Waals surface area (Å²) in [5, 5.41) is 25.8. The number of aliphatic hydroxyl groups is 1. The third-order valence-corrected chi connectivity index (χ3v) is 7.35. The number of nitrogens with one attached hydrogen (secondary N) is 2. The minimum atomic E-state index is -3.16. The monoisotopic (exact) mass is 474 g/mol. The number of benzene rings is 1. The Bertz CT molecular complexity index is 1010. The molecule has 4 aliphatic rings. The molecule has 2 bridgehead atoms. The predicted molar refractivity (Wildman–Crippen MR) is 116 cm³/mol. The largest absolute Gasteiger partial charge is 0.376 e. The third kappa shape index (κ3) is 4.25. The van der Waals surface area contributed by atoms with Crippen LogP contribution in [0.2, 0.25) is 0 Å². The van der Waals surface area contributed by atoms with E-state index in [0.29, 0.717) is 19.4 Å². The van der Waals surface area contributed by atoms with Crippen LogP contribution in [0.1, 0.15) is 44.6 Å². The Morgan fingerprint density at radius 1 is 1.32 bits per heavy atom. The molecule has 3 heterocycles. The highest BCUT2D eigenvalue weighted by Gasteiger charge is 2.62. The molecule has 1 aliphatic carbocycles. The first-order chi connectivity index (χ1) is 16.1. The van der Waals surface area contributed by atoms with Gasteiger partial charge in [0.25, 0.3) is 11.8 Å². The summed E-state index contributed by atoms with van der Waals surface area (Å²) in [6.07, 6.45) is 0.340. The number of fused-ring (bicyclic) bond motifs is 3. The molecule has 5 rings (SSSR count). The van der Waals surface area contributed by atoms with Crippen LogP contribution < -0.4 is 10.6 Å². The Labute approximate surface area is 196 Å². The summed E-state index contributed by atoms with van der Waals surface area (Å²) < 4.78 is 29.7. The van der Waals surface area contributed by atoms with Gasteiger partial charge in [0, 0.05) is 24.9 Å². The summed E-state index contributed by atoms with van der Waals surface area (Å²) in [6.45, 7) is 1.77. The number of halogens is 2. The molecule has 34 heavy (non-hydrogen) atoms. The van der Waals surface area contributed by atoms with Gasteiger partial charge in [-0.25, -0.2) is 8.78 Å². The van der Waals surface area contributed by atoms with E-state index in [2.05, 4.69) is 10.6 Å². The zero-order valence-electron chi connectivity index (χ0n) is 18.8. The second-order valence-electron chi connectivity index (χ2n) is 9.60. The average molecular weight is 475 g/mol. The van der Waals surface area contributed by atoms with E-state index in [0.717, 1.165) is 4.90 Å². The lowest BCUT2D eigenvalue weighted by Crippen LogP contribution is -2.70. The van der Waals surface area contributed by atoms with Gasteiger partial charge in [0.15, 0.2) is 5.60 Å². The normalized spacial score (nSPS) is 30.1. The summed E-state index contributed by atoms with van der Waals surface area (Å²) in [5.41, 5.74) is -1.74. The summed E-state index contributed by atoms with van der Waals surface area (Å²) in [7, 11) is 0. The number of hydrogen-bond acceptors (Lipinski definition) is 5. The van der Waals surface area contributed by atoms with Gasteiger partial charge < -0.3 is 20.6 Å². The topological polar surface area (TPSA) is 123 Å². The van der Waals surface area contributed by atoms with Gasteiger partial charge in [-0.1, -0.05) is 30.3 Å². The first-order valence-corrected chi connectivity index (χ1v) is 11.5. The highest BCUT2D eigenvalue weighted by Crippen LogP contribution is 2.50. The molecule has 3 saturated heterocycles. The summed E-state index contributed by atoms with van der Waals surface area (Å²) in [6, 6.07) is 6.55. The summed E-state index contributed by atoms with van der Waals surface area (Å²) >= 11 is 0. The van der Waals surface area contributed by atoms with Crippen LogP contribution in [0.4, 0.5) is 8.78 Å². The van der Waals surface area contributed by atoms with Gasteiger partial charge in [-0.3, -0.25) is 14.4 Å². The number of rotatable bonds is 6. The summed E-state index contributed by atoms with van der Waals surface area (Å²) in [5.74, 6) is -6.95. The lowest BCUT2D eigenvalue weighted by atomic mass is 9.70. The van der Waals surface area contributed by atoms with E-state index < -0.39 is 59.7 Å². The molecule has 1 aromatic carbocycles. The van der Waals surface area contributed by atoms with E-state index in [4.69, 9.17) is 0 Å². The Kier molecular flexibility index (Phi) is 6.34. The van der Waals surface area contributed by atoms with E-state index in [-0.39, 0.29) is 24.3 Å². The fourth-order valence-corrected chi connectivity index (χ4v) is 5.49. The number of nitriles is 1. The van der Waals surface area contributed by atoms with Crippen molar-refractivity contribution >= 4 is 17.7 Å². The second kappa shape index (κ2) is 8.95. The van der Waals surface area contributed by atoms with Gasteiger partial charge in [-0.2, -0.15) is 5.26 Å². The second-order valence-corrected chi connectivity index (χ2v) is 9.60. The van der Waals surface area contributed by atoms with Crippen molar-refractivity contribution in [1.29, 1.82) is 5.26 Å². The van der Waals surface area contributed by atoms with Gasteiger partial charge in [-0.05, 0) is 38.2 Å². The summed E-state index contributed by atoms with van der Waals surface area (Å²) in [4.78, 5) is 39.8. The maximum Gasteiger partial charge on any atom is 0.259 e.